The topological polar surface area (TPSA) is 77.5 Å². The zero-order valence-corrected chi connectivity index (χ0v) is 7.20. The number of cyclic esters (lactones) is 2. The third-order valence-electron chi connectivity index (χ3n) is 1.92. The Labute approximate surface area is 74.0 Å². The van der Waals surface area contributed by atoms with Crippen LogP contribution in [0.4, 0.5) is 0 Å². The molecule has 2 atom stereocenters. The summed E-state index contributed by atoms with van der Waals surface area (Å²) in [4.78, 5) is 43.7. The van der Waals surface area contributed by atoms with Crippen LogP contribution < -0.4 is 0 Å². The number of hydrogen-bond donors (Lipinski definition) is 0. The second kappa shape index (κ2) is 3.08. The number of Topliss-reactive ketones (excluding diaryl/α,β-unsaturated/α-hetero) is 2. The summed E-state index contributed by atoms with van der Waals surface area (Å²) in [5.41, 5.74) is 0. The van der Waals surface area contributed by atoms with Crippen LogP contribution in [0.2, 0.25) is 0 Å². The summed E-state index contributed by atoms with van der Waals surface area (Å²) in [6.07, 6.45) is 0. The molecule has 5 nitrogen and oxygen atoms in total. The number of ketones is 2. The highest BCUT2D eigenvalue weighted by molar-refractivity contribution is 6.17. The van der Waals surface area contributed by atoms with Gasteiger partial charge in [-0.3, -0.25) is 19.2 Å². The van der Waals surface area contributed by atoms with Crippen molar-refractivity contribution in [2.75, 3.05) is 0 Å². The third-order valence-corrected chi connectivity index (χ3v) is 1.92. The fraction of sp³-hybridized carbons (Fsp3) is 0.500. The van der Waals surface area contributed by atoms with Crippen LogP contribution in [-0.2, 0) is 23.9 Å². The fourth-order valence-electron chi connectivity index (χ4n) is 1.30. The molecule has 1 aliphatic heterocycles. The molecule has 0 aliphatic carbocycles. The van der Waals surface area contributed by atoms with E-state index < -0.39 is 35.3 Å². The van der Waals surface area contributed by atoms with Gasteiger partial charge in [-0.25, -0.2) is 0 Å². The lowest BCUT2D eigenvalue weighted by Gasteiger charge is -2.05. The summed E-state index contributed by atoms with van der Waals surface area (Å²) in [6.45, 7) is 2.31. The van der Waals surface area contributed by atoms with Gasteiger partial charge in [-0.1, -0.05) is 0 Å². The zero-order chi connectivity index (χ0) is 10.2. The van der Waals surface area contributed by atoms with E-state index in [2.05, 4.69) is 4.74 Å². The summed E-state index contributed by atoms with van der Waals surface area (Å²) >= 11 is 0. The molecule has 0 aromatic heterocycles. The SMILES string of the molecule is CC(=O)[C@H]1C(=O)OC(=O)[C@@H]1C(C)=O. The Kier molecular flexibility index (Phi) is 2.27. The van der Waals surface area contributed by atoms with E-state index in [1.165, 1.54) is 0 Å². The van der Waals surface area contributed by atoms with E-state index in [0.29, 0.717) is 0 Å². The molecular weight excluding hydrogens is 176 g/mol. The molecule has 0 N–H and O–H groups in total. The molecule has 0 amide bonds. The molecule has 0 aromatic rings. The lowest BCUT2D eigenvalue weighted by molar-refractivity contribution is -0.154. The number of carbonyl (C=O) groups excluding carboxylic acids is 4. The molecule has 1 aliphatic rings. The highest BCUT2D eigenvalue weighted by Crippen LogP contribution is 2.25. The molecule has 1 rings (SSSR count). The van der Waals surface area contributed by atoms with Crippen molar-refractivity contribution in [1.82, 2.24) is 0 Å². The van der Waals surface area contributed by atoms with Gasteiger partial charge in [0.2, 0.25) is 0 Å². The number of carbonyl (C=O) groups is 4. The molecule has 0 aromatic carbocycles. The van der Waals surface area contributed by atoms with Gasteiger partial charge in [0.1, 0.15) is 23.4 Å². The van der Waals surface area contributed by atoms with Gasteiger partial charge < -0.3 is 4.74 Å². The molecule has 1 saturated heterocycles. The van der Waals surface area contributed by atoms with Crippen molar-refractivity contribution in [2.24, 2.45) is 11.8 Å². The Bertz CT molecular complexity index is 274. The van der Waals surface area contributed by atoms with Crippen molar-refractivity contribution in [3.8, 4) is 0 Å². The normalized spacial score (nSPS) is 27.2. The molecule has 0 spiro atoms. The monoisotopic (exact) mass is 184 g/mol. The first-order valence-corrected chi connectivity index (χ1v) is 3.71. The summed E-state index contributed by atoms with van der Waals surface area (Å²) in [7, 11) is 0. The number of rotatable bonds is 2. The summed E-state index contributed by atoms with van der Waals surface area (Å²) in [6, 6.07) is 0. The largest absolute Gasteiger partial charge is 0.392 e. The van der Waals surface area contributed by atoms with Crippen LogP contribution in [0, 0.1) is 11.8 Å². The lowest BCUT2D eigenvalue weighted by Crippen LogP contribution is -2.29. The Morgan fingerprint density at radius 1 is 1.00 bits per heavy atom. The van der Waals surface area contributed by atoms with Gasteiger partial charge in [-0.2, -0.15) is 0 Å². The Morgan fingerprint density at radius 2 is 1.31 bits per heavy atom. The van der Waals surface area contributed by atoms with Gasteiger partial charge in [-0.15, -0.1) is 0 Å². The molecular formula is C8H8O5. The van der Waals surface area contributed by atoms with E-state index in [1.54, 1.807) is 0 Å². The molecule has 0 unspecified atom stereocenters. The number of esters is 2. The van der Waals surface area contributed by atoms with Gasteiger partial charge in [0.15, 0.2) is 0 Å². The first kappa shape index (κ1) is 9.57. The van der Waals surface area contributed by atoms with Crippen molar-refractivity contribution >= 4 is 23.5 Å². The molecule has 0 bridgehead atoms. The molecule has 5 heteroatoms. The zero-order valence-electron chi connectivity index (χ0n) is 7.20. The van der Waals surface area contributed by atoms with E-state index in [9.17, 15) is 19.2 Å². The highest BCUT2D eigenvalue weighted by atomic mass is 16.6. The van der Waals surface area contributed by atoms with Crippen LogP contribution in [0.3, 0.4) is 0 Å². The van der Waals surface area contributed by atoms with E-state index in [-0.39, 0.29) is 0 Å². The average molecular weight is 184 g/mol. The van der Waals surface area contributed by atoms with Crippen LogP contribution in [0.5, 0.6) is 0 Å². The van der Waals surface area contributed by atoms with Gasteiger partial charge >= 0.3 is 11.9 Å². The minimum Gasteiger partial charge on any atom is -0.392 e. The molecule has 1 fully saturated rings. The predicted octanol–water partition coefficient (Wildman–Crippen LogP) is -0.520. The van der Waals surface area contributed by atoms with E-state index in [0.717, 1.165) is 13.8 Å². The van der Waals surface area contributed by atoms with Crippen LogP contribution in [0.25, 0.3) is 0 Å². The summed E-state index contributed by atoms with van der Waals surface area (Å²) in [5.74, 6) is -5.34. The van der Waals surface area contributed by atoms with Crippen LogP contribution >= 0.6 is 0 Å². The summed E-state index contributed by atoms with van der Waals surface area (Å²) in [5, 5.41) is 0. The molecule has 0 saturated carbocycles. The van der Waals surface area contributed by atoms with E-state index in [1.807, 2.05) is 0 Å². The average Bonchev–Trinajstić information content (AvgIpc) is 2.24. The second-order valence-electron chi connectivity index (χ2n) is 2.92. The fourth-order valence-corrected chi connectivity index (χ4v) is 1.30. The number of hydrogen-bond acceptors (Lipinski definition) is 5. The van der Waals surface area contributed by atoms with Crippen LogP contribution in [-0.4, -0.2) is 23.5 Å². The third kappa shape index (κ3) is 1.49. The first-order valence-electron chi connectivity index (χ1n) is 3.71. The van der Waals surface area contributed by atoms with Crippen molar-refractivity contribution in [3.63, 3.8) is 0 Å². The van der Waals surface area contributed by atoms with Crippen molar-refractivity contribution in [2.45, 2.75) is 13.8 Å². The van der Waals surface area contributed by atoms with Gasteiger partial charge in [-0.05, 0) is 13.8 Å². The summed E-state index contributed by atoms with van der Waals surface area (Å²) < 4.78 is 4.19. The lowest BCUT2D eigenvalue weighted by atomic mass is 9.89. The molecule has 1 heterocycles. The van der Waals surface area contributed by atoms with E-state index in [4.69, 9.17) is 0 Å². The maximum Gasteiger partial charge on any atom is 0.325 e. The second-order valence-corrected chi connectivity index (χ2v) is 2.92. The van der Waals surface area contributed by atoms with Crippen molar-refractivity contribution < 1.29 is 23.9 Å². The van der Waals surface area contributed by atoms with Crippen molar-refractivity contribution in [3.05, 3.63) is 0 Å². The predicted molar refractivity (Wildman–Crippen MR) is 39.4 cm³/mol. The van der Waals surface area contributed by atoms with Crippen LogP contribution in [0.1, 0.15) is 13.8 Å². The molecule has 13 heavy (non-hydrogen) atoms. The van der Waals surface area contributed by atoms with Gasteiger partial charge in [0.05, 0.1) is 0 Å². The van der Waals surface area contributed by atoms with Crippen molar-refractivity contribution in [1.29, 1.82) is 0 Å². The molecule has 0 radical (unpaired) electrons. The minimum atomic E-state index is -1.23. The highest BCUT2D eigenvalue weighted by Gasteiger charge is 2.49. The standard InChI is InChI=1S/C8H8O5/c1-3(9)5-6(4(2)10)8(12)13-7(5)11/h5-6H,1-2H3/t5-,6-/m1/s1. The van der Waals surface area contributed by atoms with Gasteiger partial charge in [0, 0.05) is 0 Å². The van der Waals surface area contributed by atoms with E-state index >= 15 is 0 Å². The Balaban J connectivity index is 3.03. The number of ether oxygens (including phenoxy) is 1. The maximum atomic E-state index is 10.9. The molecule has 70 valence electrons. The Hall–Kier alpha value is -1.52. The first-order chi connectivity index (χ1) is 5.95. The Morgan fingerprint density at radius 3 is 1.54 bits per heavy atom. The minimum absolute atomic E-state index is 0.518. The quantitative estimate of drug-likeness (QED) is 0.426. The maximum absolute atomic E-state index is 10.9. The van der Waals surface area contributed by atoms with Crippen LogP contribution in [0.15, 0.2) is 0 Å². The smallest absolute Gasteiger partial charge is 0.325 e. The van der Waals surface area contributed by atoms with Gasteiger partial charge in [0.25, 0.3) is 0 Å².